The molecule has 0 aliphatic rings. The van der Waals surface area contributed by atoms with Gasteiger partial charge in [-0.3, -0.25) is 0 Å². The highest BCUT2D eigenvalue weighted by Gasteiger charge is 2.08. The third kappa shape index (κ3) is 3.77. The summed E-state index contributed by atoms with van der Waals surface area (Å²) in [6.45, 7) is 6.15. The zero-order valence-electron chi connectivity index (χ0n) is 9.38. The Morgan fingerprint density at radius 2 is 2.07 bits per heavy atom. The Bertz CT molecular complexity index is 413. The van der Waals surface area contributed by atoms with Crippen molar-refractivity contribution in [1.29, 1.82) is 0 Å². The number of carbonyl (C=O) groups excluding carboxylic acids is 1. The molecule has 0 aromatic carbocycles. The van der Waals surface area contributed by atoms with Gasteiger partial charge in [-0.15, -0.1) is 11.3 Å². The minimum absolute atomic E-state index is 0.0184. The Kier molecular flexibility index (Phi) is 3.54. The van der Waals surface area contributed by atoms with E-state index in [1.807, 2.05) is 6.07 Å². The van der Waals surface area contributed by atoms with Crippen molar-refractivity contribution in [2.75, 3.05) is 7.11 Å². The Morgan fingerprint density at radius 1 is 1.40 bits per heavy atom. The molecule has 0 saturated carbocycles. The van der Waals surface area contributed by atoms with E-state index in [9.17, 15) is 4.79 Å². The molecule has 0 aliphatic heterocycles. The molecule has 2 nitrogen and oxygen atoms in total. The molecule has 1 heterocycles. The number of hydrogen-bond acceptors (Lipinski definition) is 3. The van der Waals surface area contributed by atoms with Crippen molar-refractivity contribution in [3.8, 4) is 11.8 Å². The summed E-state index contributed by atoms with van der Waals surface area (Å²) in [5.74, 6) is 5.86. The van der Waals surface area contributed by atoms with Crippen LogP contribution in [0, 0.1) is 17.3 Å². The lowest BCUT2D eigenvalue weighted by Gasteiger charge is -2.06. The van der Waals surface area contributed by atoms with Crippen LogP contribution in [0.15, 0.2) is 12.1 Å². The van der Waals surface area contributed by atoms with Gasteiger partial charge in [-0.1, -0.05) is 11.8 Å². The van der Waals surface area contributed by atoms with Gasteiger partial charge in [0.2, 0.25) is 0 Å². The number of rotatable bonds is 1. The first-order valence-electron chi connectivity index (χ1n) is 4.64. The second-order valence-electron chi connectivity index (χ2n) is 4.16. The van der Waals surface area contributed by atoms with E-state index in [0.717, 1.165) is 4.88 Å². The zero-order valence-corrected chi connectivity index (χ0v) is 10.2. The lowest BCUT2D eigenvalue weighted by Crippen LogP contribution is -1.99. The van der Waals surface area contributed by atoms with Crippen LogP contribution in [0.3, 0.4) is 0 Å². The topological polar surface area (TPSA) is 26.3 Å². The Hall–Kier alpha value is -1.27. The maximum Gasteiger partial charge on any atom is 0.348 e. The Morgan fingerprint density at radius 3 is 2.60 bits per heavy atom. The first-order chi connectivity index (χ1) is 6.92. The summed E-state index contributed by atoms with van der Waals surface area (Å²) in [6, 6.07) is 3.58. The first kappa shape index (κ1) is 11.8. The maximum atomic E-state index is 11.2. The Labute approximate surface area is 94.3 Å². The molecule has 80 valence electrons. The average molecular weight is 222 g/mol. The largest absolute Gasteiger partial charge is 0.465 e. The molecule has 0 aliphatic carbocycles. The normalized spacial score (nSPS) is 10.4. The van der Waals surface area contributed by atoms with E-state index in [0.29, 0.717) is 4.88 Å². The number of ether oxygens (including phenoxy) is 1. The molecule has 0 radical (unpaired) electrons. The van der Waals surface area contributed by atoms with Gasteiger partial charge in [0.15, 0.2) is 0 Å². The van der Waals surface area contributed by atoms with Gasteiger partial charge in [-0.2, -0.15) is 0 Å². The van der Waals surface area contributed by atoms with Crippen LogP contribution in [-0.2, 0) is 4.74 Å². The monoisotopic (exact) mass is 222 g/mol. The molecule has 0 N–H and O–H groups in total. The molecule has 0 spiro atoms. The van der Waals surface area contributed by atoms with Gasteiger partial charge < -0.3 is 4.74 Å². The molecule has 0 bridgehead atoms. The van der Waals surface area contributed by atoms with Crippen LogP contribution in [0.5, 0.6) is 0 Å². The summed E-state index contributed by atoms with van der Waals surface area (Å²) >= 11 is 1.36. The van der Waals surface area contributed by atoms with Crippen LogP contribution in [0.1, 0.15) is 35.3 Å². The summed E-state index contributed by atoms with van der Waals surface area (Å²) in [4.78, 5) is 12.7. The summed E-state index contributed by atoms with van der Waals surface area (Å²) in [7, 11) is 1.38. The average Bonchev–Trinajstić information content (AvgIpc) is 2.61. The summed E-state index contributed by atoms with van der Waals surface area (Å²) in [6.07, 6.45) is 0. The van der Waals surface area contributed by atoms with Crippen molar-refractivity contribution in [2.45, 2.75) is 20.8 Å². The molecule has 3 heteroatoms. The van der Waals surface area contributed by atoms with Crippen LogP contribution < -0.4 is 0 Å². The van der Waals surface area contributed by atoms with E-state index in [2.05, 4.69) is 37.3 Å². The molecule has 0 atom stereocenters. The smallest absolute Gasteiger partial charge is 0.348 e. The van der Waals surface area contributed by atoms with Crippen molar-refractivity contribution in [2.24, 2.45) is 5.41 Å². The van der Waals surface area contributed by atoms with Gasteiger partial charge >= 0.3 is 5.97 Å². The van der Waals surface area contributed by atoms with Gasteiger partial charge in [0.1, 0.15) is 4.88 Å². The number of carbonyl (C=O) groups is 1. The van der Waals surface area contributed by atoms with E-state index in [1.54, 1.807) is 6.07 Å². The van der Waals surface area contributed by atoms with Gasteiger partial charge in [-0.05, 0) is 32.9 Å². The fraction of sp³-hybridized carbons (Fsp3) is 0.417. The lowest BCUT2D eigenvalue weighted by molar-refractivity contribution is 0.0606. The van der Waals surface area contributed by atoms with Crippen LogP contribution in [0.2, 0.25) is 0 Å². The van der Waals surface area contributed by atoms with Gasteiger partial charge in [-0.25, -0.2) is 4.79 Å². The number of esters is 1. The molecule has 1 rings (SSSR count). The zero-order chi connectivity index (χ0) is 11.5. The molecule has 0 amide bonds. The fourth-order valence-corrected chi connectivity index (χ4v) is 1.64. The van der Waals surface area contributed by atoms with E-state index in [-0.39, 0.29) is 11.4 Å². The van der Waals surface area contributed by atoms with Gasteiger partial charge in [0.05, 0.1) is 12.0 Å². The SMILES string of the molecule is COC(=O)c1ccc(C#CC(C)(C)C)s1. The van der Waals surface area contributed by atoms with Crippen molar-refractivity contribution in [1.82, 2.24) is 0 Å². The molecule has 0 unspecified atom stereocenters. The number of hydrogen-bond donors (Lipinski definition) is 0. The molecule has 1 aromatic heterocycles. The minimum Gasteiger partial charge on any atom is -0.465 e. The number of methoxy groups -OCH3 is 1. The highest BCUT2D eigenvalue weighted by atomic mass is 32.1. The summed E-state index contributed by atoms with van der Waals surface area (Å²) in [5, 5.41) is 0. The van der Waals surface area contributed by atoms with Crippen LogP contribution >= 0.6 is 11.3 Å². The fourth-order valence-electron chi connectivity index (χ4n) is 0.864. The van der Waals surface area contributed by atoms with Crippen LogP contribution in [-0.4, -0.2) is 13.1 Å². The van der Waals surface area contributed by atoms with E-state index >= 15 is 0 Å². The first-order valence-corrected chi connectivity index (χ1v) is 5.45. The van der Waals surface area contributed by atoms with Crippen LogP contribution in [0.4, 0.5) is 0 Å². The van der Waals surface area contributed by atoms with Gasteiger partial charge in [0, 0.05) is 5.41 Å². The summed E-state index contributed by atoms with van der Waals surface area (Å²) in [5.41, 5.74) is -0.0184. The highest BCUT2D eigenvalue weighted by molar-refractivity contribution is 7.14. The van der Waals surface area contributed by atoms with Crippen molar-refractivity contribution < 1.29 is 9.53 Å². The second kappa shape index (κ2) is 4.50. The quantitative estimate of drug-likeness (QED) is 0.539. The highest BCUT2D eigenvalue weighted by Crippen LogP contribution is 2.17. The van der Waals surface area contributed by atoms with Crippen molar-refractivity contribution in [3.63, 3.8) is 0 Å². The molecule has 0 saturated heterocycles. The Balaban J connectivity index is 2.85. The van der Waals surface area contributed by atoms with E-state index in [4.69, 9.17) is 0 Å². The summed E-state index contributed by atoms with van der Waals surface area (Å²) < 4.78 is 4.62. The third-order valence-corrected chi connectivity index (χ3v) is 2.53. The lowest BCUT2D eigenvalue weighted by atomic mass is 9.98. The molecular weight excluding hydrogens is 208 g/mol. The maximum absolute atomic E-state index is 11.2. The predicted octanol–water partition coefficient (Wildman–Crippen LogP) is 2.93. The minimum atomic E-state index is -0.302. The van der Waals surface area contributed by atoms with Crippen molar-refractivity contribution in [3.05, 3.63) is 21.9 Å². The van der Waals surface area contributed by atoms with Gasteiger partial charge in [0.25, 0.3) is 0 Å². The predicted molar refractivity (Wildman–Crippen MR) is 62.0 cm³/mol. The van der Waals surface area contributed by atoms with E-state index < -0.39 is 0 Å². The second-order valence-corrected chi connectivity index (χ2v) is 5.24. The van der Waals surface area contributed by atoms with E-state index in [1.165, 1.54) is 18.4 Å². The number of thiophene rings is 1. The van der Waals surface area contributed by atoms with Crippen LogP contribution in [0.25, 0.3) is 0 Å². The molecule has 1 aromatic rings. The third-order valence-electron chi connectivity index (χ3n) is 1.55. The molecular formula is C12H14O2S. The molecule has 0 fully saturated rings. The van der Waals surface area contributed by atoms with Crippen molar-refractivity contribution >= 4 is 17.3 Å². The standard InChI is InChI=1S/C12H14O2S/c1-12(2,3)8-7-9-5-6-10(15-9)11(13)14-4/h5-6H,1-4H3. The molecule has 15 heavy (non-hydrogen) atoms.